The van der Waals surface area contributed by atoms with Gasteiger partial charge in [-0.05, 0) is 78.1 Å². The topological polar surface area (TPSA) is 211 Å². The number of rotatable bonds is 18. The third-order valence-corrected chi connectivity index (χ3v) is 9.21. The van der Waals surface area contributed by atoms with E-state index in [4.69, 9.17) is 5.11 Å². The number of amides is 4. The van der Waals surface area contributed by atoms with Gasteiger partial charge in [0, 0.05) is 25.3 Å². The Bertz CT molecular complexity index is 1630. The fourth-order valence-electron chi connectivity index (χ4n) is 6.53. The summed E-state index contributed by atoms with van der Waals surface area (Å²) in [7, 11) is 0. The van der Waals surface area contributed by atoms with E-state index < -0.39 is 42.1 Å². The van der Waals surface area contributed by atoms with Crippen molar-refractivity contribution in [2.24, 2.45) is 5.92 Å². The largest absolute Gasteiger partial charge is 0.481 e. The van der Waals surface area contributed by atoms with E-state index in [1.54, 1.807) is 0 Å². The Morgan fingerprint density at radius 3 is 1.80 bits per heavy atom. The lowest BCUT2D eigenvalue weighted by Crippen LogP contribution is -2.51. The summed E-state index contributed by atoms with van der Waals surface area (Å²) in [6.07, 6.45) is 5.22. The molecule has 1 unspecified atom stereocenters. The summed E-state index contributed by atoms with van der Waals surface area (Å²) in [4.78, 5) is 73.5. The average molecular weight is 691 g/mol. The maximum atomic E-state index is 13.7. The summed E-state index contributed by atoms with van der Waals surface area (Å²) in [5.41, 5.74) is 0.962. The first-order chi connectivity index (χ1) is 24.0. The Kier molecular flexibility index (Phi) is 13.9. The van der Waals surface area contributed by atoms with E-state index in [1.165, 1.54) is 0 Å². The van der Waals surface area contributed by atoms with Crippen LogP contribution >= 0.6 is 0 Å². The van der Waals surface area contributed by atoms with Gasteiger partial charge in [0.15, 0.2) is 0 Å². The number of benzene rings is 3. The molecule has 13 heteroatoms. The number of nitrogens with one attached hydrogen (secondary N) is 4. The van der Waals surface area contributed by atoms with Gasteiger partial charge in [-0.25, -0.2) is 14.4 Å². The smallest absolute Gasteiger partial charge is 0.326 e. The zero-order valence-corrected chi connectivity index (χ0v) is 28.0. The zero-order valence-electron chi connectivity index (χ0n) is 28.0. The lowest BCUT2D eigenvalue weighted by Gasteiger charge is -2.25. The normalized spacial score (nSPS) is 15.0. The van der Waals surface area contributed by atoms with Crippen LogP contribution in [0.4, 0.5) is 4.79 Å². The Labute approximate surface area is 290 Å². The molecule has 1 saturated carbocycles. The highest BCUT2D eigenvalue weighted by Crippen LogP contribution is 2.30. The predicted molar refractivity (Wildman–Crippen MR) is 187 cm³/mol. The van der Waals surface area contributed by atoms with Crippen molar-refractivity contribution in [2.75, 3.05) is 6.54 Å². The van der Waals surface area contributed by atoms with E-state index in [2.05, 4.69) is 27.3 Å². The molecule has 3 atom stereocenters. The molecule has 0 aromatic heterocycles. The first-order valence-corrected chi connectivity index (χ1v) is 17.3. The van der Waals surface area contributed by atoms with E-state index in [1.807, 2.05) is 48.5 Å². The number of carboxylic acids is 3. The molecule has 0 radical (unpaired) electrons. The Balaban J connectivity index is 1.37. The molecule has 1 fully saturated rings. The number of aliphatic carboxylic acids is 3. The highest BCUT2D eigenvalue weighted by Gasteiger charge is 2.28. The van der Waals surface area contributed by atoms with E-state index in [0.717, 1.165) is 59.2 Å². The first-order valence-electron chi connectivity index (χ1n) is 17.3. The van der Waals surface area contributed by atoms with Gasteiger partial charge in [-0.15, -0.1) is 0 Å². The quantitative estimate of drug-likeness (QED) is 0.0746. The molecule has 0 aliphatic heterocycles. The van der Waals surface area contributed by atoms with Crippen molar-refractivity contribution in [1.82, 2.24) is 21.3 Å². The van der Waals surface area contributed by atoms with Gasteiger partial charge in [0.2, 0.25) is 11.8 Å². The third-order valence-electron chi connectivity index (χ3n) is 9.21. The van der Waals surface area contributed by atoms with Crippen LogP contribution in [0.25, 0.3) is 21.5 Å². The van der Waals surface area contributed by atoms with Crippen LogP contribution in [0.3, 0.4) is 0 Å². The van der Waals surface area contributed by atoms with Crippen molar-refractivity contribution in [3.05, 3.63) is 60.2 Å². The van der Waals surface area contributed by atoms with Gasteiger partial charge < -0.3 is 36.6 Å². The van der Waals surface area contributed by atoms with Crippen molar-refractivity contribution >= 4 is 57.3 Å². The standard InChI is InChI=1S/C37H46N4O9/c42-32(43)19-10-18-30(36(48)49)41-37(50)40-29(35(46)47)17-8-9-20-38-34(45)31(39-33(44)23-11-2-1-3-12-23)22-28-26-15-6-4-13-24(26)21-25-14-5-7-16-27(25)28/h4-7,13-16,21,23,29-31H,1-3,8-12,17-20,22H2,(H,38,45)(H,39,44)(H,42,43)(H,46,47)(H,48,49)(H2,40,41,50)/t29-,30?,31-/m0/s1. The van der Waals surface area contributed by atoms with Crippen molar-refractivity contribution in [3.8, 4) is 0 Å². The molecule has 0 spiro atoms. The number of hydrogen-bond donors (Lipinski definition) is 7. The van der Waals surface area contributed by atoms with Crippen LogP contribution in [0.5, 0.6) is 0 Å². The minimum atomic E-state index is -1.38. The maximum absolute atomic E-state index is 13.7. The summed E-state index contributed by atoms with van der Waals surface area (Å²) < 4.78 is 0. The predicted octanol–water partition coefficient (Wildman–Crippen LogP) is 4.35. The minimum Gasteiger partial charge on any atom is -0.481 e. The molecule has 0 bridgehead atoms. The highest BCUT2D eigenvalue weighted by atomic mass is 16.4. The molecule has 4 rings (SSSR count). The number of urea groups is 1. The molecule has 50 heavy (non-hydrogen) atoms. The molecule has 3 aromatic carbocycles. The molecule has 0 heterocycles. The van der Waals surface area contributed by atoms with Crippen LogP contribution in [0.15, 0.2) is 54.6 Å². The summed E-state index contributed by atoms with van der Waals surface area (Å²) >= 11 is 0. The van der Waals surface area contributed by atoms with Gasteiger partial charge in [0.05, 0.1) is 0 Å². The number of carboxylic acid groups (broad SMARTS) is 3. The van der Waals surface area contributed by atoms with Crippen LogP contribution in [0, 0.1) is 5.92 Å². The molecule has 1 aliphatic rings. The molecule has 13 nitrogen and oxygen atoms in total. The van der Waals surface area contributed by atoms with E-state index in [0.29, 0.717) is 12.8 Å². The van der Waals surface area contributed by atoms with Gasteiger partial charge >= 0.3 is 23.9 Å². The van der Waals surface area contributed by atoms with Crippen LogP contribution in [-0.4, -0.2) is 75.7 Å². The second kappa shape index (κ2) is 18.5. The van der Waals surface area contributed by atoms with Crippen LogP contribution in [0.2, 0.25) is 0 Å². The van der Waals surface area contributed by atoms with Crippen LogP contribution in [0.1, 0.15) is 76.2 Å². The van der Waals surface area contributed by atoms with Crippen molar-refractivity contribution < 1.29 is 44.1 Å². The first kappa shape index (κ1) is 37.6. The lowest BCUT2D eigenvalue weighted by atomic mass is 9.88. The second-order valence-electron chi connectivity index (χ2n) is 12.9. The fourth-order valence-corrected chi connectivity index (χ4v) is 6.53. The monoisotopic (exact) mass is 690 g/mol. The maximum Gasteiger partial charge on any atom is 0.326 e. The van der Waals surface area contributed by atoms with Gasteiger partial charge in [0.1, 0.15) is 18.1 Å². The van der Waals surface area contributed by atoms with Gasteiger partial charge in [0.25, 0.3) is 0 Å². The molecule has 0 saturated heterocycles. The molecule has 7 N–H and O–H groups in total. The molecule has 268 valence electrons. The highest BCUT2D eigenvalue weighted by molar-refractivity contribution is 6.03. The van der Waals surface area contributed by atoms with E-state index in [-0.39, 0.29) is 56.4 Å². The number of unbranched alkanes of at least 4 members (excludes halogenated alkanes) is 1. The number of carbonyl (C=O) groups is 6. The van der Waals surface area contributed by atoms with Gasteiger partial charge in [-0.3, -0.25) is 14.4 Å². The van der Waals surface area contributed by atoms with Crippen LogP contribution < -0.4 is 21.3 Å². The number of fused-ring (bicyclic) bond motifs is 2. The minimum absolute atomic E-state index is 0.0131. The fraction of sp³-hybridized carbons (Fsp3) is 0.459. The van der Waals surface area contributed by atoms with Gasteiger partial charge in [-0.2, -0.15) is 0 Å². The second-order valence-corrected chi connectivity index (χ2v) is 12.9. The Morgan fingerprint density at radius 1 is 0.680 bits per heavy atom. The average Bonchev–Trinajstić information content (AvgIpc) is 3.09. The van der Waals surface area contributed by atoms with Crippen molar-refractivity contribution in [2.45, 2.75) is 95.2 Å². The van der Waals surface area contributed by atoms with Crippen LogP contribution in [-0.2, 0) is 30.4 Å². The Morgan fingerprint density at radius 2 is 1.24 bits per heavy atom. The summed E-state index contributed by atoms with van der Waals surface area (Å²) in [6, 6.07) is 13.5. The third kappa shape index (κ3) is 10.9. The van der Waals surface area contributed by atoms with Crippen molar-refractivity contribution in [3.63, 3.8) is 0 Å². The molecule has 3 aromatic rings. The SMILES string of the molecule is O=C(O)CCCC(NC(=O)N[C@@H](CCCCNC(=O)[C@H](Cc1c2ccccc2cc2ccccc12)NC(=O)C1CCCCC1)C(=O)O)C(=O)O. The van der Waals surface area contributed by atoms with Crippen molar-refractivity contribution in [1.29, 1.82) is 0 Å². The Hall–Kier alpha value is -5.20. The van der Waals surface area contributed by atoms with E-state index in [9.17, 15) is 39.0 Å². The van der Waals surface area contributed by atoms with E-state index >= 15 is 0 Å². The molecule has 4 amide bonds. The zero-order chi connectivity index (χ0) is 36.0. The summed E-state index contributed by atoms with van der Waals surface area (Å²) in [6.45, 7) is 0.202. The lowest BCUT2D eigenvalue weighted by molar-refractivity contribution is -0.140. The number of hydrogen-bond acceptors (Lipinski definition) is 6. The summed E-state index contributed by atoms with van der Waals surface area (Å²) in [5.74, 6) is -4.39. The number of carbonyl (C=O) groups excluding carboxylic acids is 3. The summed E-state index contributed by atoms with van der Waals surface area (Å²) in [5, 5.41) is 42.2. The molecular formula is C37H46N4O9. The molecular weight excluding hydrogens is 644 g/mol. The molecule has 1 aliphatic carbocycles. The van der Waals surface area contributed by atoms with Gasteiger partial charge in [-0.1, -0.05) is 67.8 Å².